The van der Waals surface area contributed by atoms with Crippen molar-refractivity contribution >= 4 is 5.91 Å². The van der Waals surface area contributed by atoms with Gasteiger partial charge in [0, 0.05) is 38.6 Å². The number of nitrogens with zero attached hydrogens (tertiary/aromatic N) is 4. The van der Waals surface area contributed by atoms with Gasteiger partial charge in [0.1, 0.15) is 0 Å². The summed E-state index contributed by atoms with van der Waals surface area (Å²) in [6.45, 7) is 10.4. The molecule has 1 N–H and O–H groups in total. The largest absolute Gasteiger partial charge is 0.350 e. The Labute approximate surface area is 157 Å². The van der Waals surface area contributed by atoms with E-state index in [4.69, 9.17) is 5.10 Å². The van der Waals surface area contributed by atoms with Gasteiger partial charge in [0.05, 0.1) is 17.9 Å². The first kappa shape index (κ1) is 19.4. The van der Waals surface area contributed by atoms with Gasteiger partial charge in [-0.05, 0) is 44.8 Å². The number of amides is 1. The molecule has 1 fully saturated rings. The fourth-order valence-corrected chi connectivity index (χ4v) is 4.31. The Morgan fingerprint density at radius 1 is 1.31 bits per heavy atom. The van der Waals surface area contributed by atoms with Gasteiger partial charge in [-0.15, -0.1) is 0 Å². The second-order valence-corrected chi connectivity index (χ2v) is 9.16. The minimum atomic E-state index is 0.200. The Morgan fingerprint density at radius 3 is 2.73 bits per heavy atom. The number of aryl methyl sites for hydroxylation is 1. The molecule has 0 spiro atoms. The first-order valence-corrected chi connectivity index (χ1v) is 10.0. The van der Waals surface area contributed by atoms with Gasteiger partial charge < -0.3 is 10.2 Å². The topological polar surface area (TPSA) is 53.4 Å². The van der Waals surface area contributed by atoms with Crippen LogP contribution >= 0.6 is 0 Å². The molecule has 0 bridgehead atoms. The summed E-state index contributed by atoms with van der Waals surface area (Å²) < 4.78 is 2.14. The molecule has 0 aromatic carbocycles. The lowest BCUT2D eigenvalue weighted by molar-refractivity contribution is -0.127. The molecule has 0 unspecified atom stereocenters. The molecule has 2 heterocycles. The van der Waals surface area contributed by atoms with Crippen molar-refractivity contribution in [2.75, 3.05) is 33.7 Å². The zero-order valence-electron chi connectivity index (χ0n) is 16.9. The van der Waals surface area contributed by atoms with Gasteiger partial charge in [0.2, 0.25) is 5.91 Å². The summed E-state index contributed by atoms with van der Waals surface area (Å²) in [6, 6.07) is 2.18. The van der Waals surface area contributed by atoms with Crippen LogP contribution in [-0.2, 0) is 24.4 Å². The highest BCUT2D eigenvalue weighted by atomic mass is 16.1. The molecule has 6 heteroatoms. The molecule has 1 aromatic rings. The van der Waals surface area contributed by atoms with Crippen LogP contribution in [0.25, 0.3) is 0 Å². The molecule has 1 aliphatic heterocycles. The molecule has 1 aliphatic carbocycles. The molecule has 0 atom stereocenters. The number of aromatic nitrogens is 2. The predicted molar refractivity (Wildman–Crippen MR) is 104 cm³/mol. The molecular weight excluding hydrogens is 326 g/mol. The summed E-state index contributed by atoms with van der Waals surface area (Å²) in [5.74, 6) is 0.441. The van der Waals surface area contributed by atoms with E-state index in [1.54, 1.807) is 0 Å². The van der Waals surface area contributed by atoms with E-state index < -0.39 is 0 Å². The summed E-state index contributed by atoms with van der Waals surface area (Å²) >= 11 is 0. The SMILES string of the molecule is CN(C)CC(C)(C)CN1CCCn2nc(CNC(=O)C3CCC3)cc2C1. The molecule has 1 saturated carbocycles. The maximum Gasteiger partial charge on any atom is 0.223 e. The molecule has 0 saturated heterocycles. The number of hydrogen-bond donors (Lipinski definition) is 1. The van der Waals surface area contributed by atoms with E-state index >= 15 is 0 Å². The fourth-order valence-electron chi connectivity index (χ4n) is 4.31. The molecule has 26 heavy (non-hydrogen) atoms. The summed E-state index contributed by atoms with van der Waals surface area (Å²) in [5, 5.41) is 7.80. The van der Waals surface area contributed by atoms with Gasteiger partial charge in [0.15, 0.2) is 0 Å². The van der Waals surface area contributed by atoms with Crippen molar-refractivity contribution in [3.05, 3.63) is 17.5 Å². The van der Waals surface area contributed by atoms with Crippen molar-refractivity contribution in [3.8, 4) is 0 Å². The highest BCUT2D eigenvalue weighted by Gasteiger charge is 2.26. The van der Waals surface area contributed by atoms with E-state index in [1.807, 2.05) is 0 Å². The monoisotopic (exact) mass is 361 g/mol. The van der Waals surface area contributed by atoms with Gasteiger partial charge in [-0.2, -0.15) is 5.10 Å². The van der Waals surface area contributed by atoms with Gasteiger partial charge >= 0.3 is 0 Å². The Kier molecular flexibility index (Phi) is 6.03. The summed E-state index contributed by atoms with van der Waals surface area (Å²) in [5.41, 5.74) is 2.52. The standard InChI is InChI=1S/C20H35N5O/c1-20(2,14-23(3)4)15-24-9-6-10-25-18(13-24)11-17(22-25)12-21-19(26)16-7-5-8-16/h11,16H,5-10,12-15H2,1-4H3,(H,21,26). The quantitative estimate of drug-likeness (QED) is 0.808. The highest BCUT2D eigenvalue weighted by Crippen LogP contribution is 2.26. The van der Waals surface area contributed by atoms with Crippen LogP contribution in [-0.4, -0.2) is 59.2 Å². The molecule has 3 rings (SSSR count). The summed E-state index contributed by atoms with van der Waals surface area (Å²) in [6.07, 6.45) is 4.41. The van der Waals surface area contributed by atoms with Crippen molar-refractivity contribution in [3.63, 3.8) is 0 Å². The minimum absolute atomic E-state index is 0.200. The number of hydrogen-bond acceptors (Lipinski definition) is 4. The first-order valence-electron chi connectivity index (χ1n) is 10.0. The average molecular weight is 362 g/mol. The molecule has 6 nitrogen and oxygen atoms in total. The van der Waals surface area contributed by atoms with Gasteiger partial charge in [-0.3, -0.25) is 14.4 Å². The van der Waals surface area contributed by atoms with Crippen LogP contribution in [0.3, 0.4) is 0 Å². The molecule has 1 aromatic heterocycles. The van der Waals surface area contributed by atoms with Crippen LogP contribution in [0, 0.1) is 11.3 Å². The maximum absolute atomic E-state index is 12.0. The Bertz CT molecular complexity index is 618. The van der Waals surface area contributed by atoms with Crippen molar-refractivity contribution in [2.24, 2.45) is 11.3 Å². The minimum Gasteiger partial charge on any atom is -0.350 e. The van der Waals surface area contributed by atoms with Crippen LogP contribution < -0.4 is 5.32 Å². The number of nitrogens with one attached hydrogen (secondary N) is 1. The van der Waals surface area contributed by atoms with Crippen molar-refractivity contribution in [1.82, 2.24) is 24.9 Å². The van der Waals surface area contributed by atoms with Gasteiger partial charge in [-0.1, -0.05) is 20.3 Å². The Balaban J connectivity index is 1.57. The Morgan fingerprint density at radius 2 is 2.08 bits per heavy atom. The third-order valence-electron chi connectivity index (χ3n) is 5.46. The van der Waals surface area contributed by atoms with E-state index in [9.17, 15) is 4.79 Å². The second kappa shape index (κ2) is 8.09. The molecular formula is C20H35N5O. The van der Waals surface area contributed by atoms with E-state index in [-0.39, 0.29) is 17.2 Å². The van der Waals surface area contributed by atoms with Crippen LogP contribution in [0.4, 0.5) is 0 Å². The normalized spacial score (nSPS) is 19.1. The van der Waals surface area contributed by atoms with Crippen molar-refractivity contribution in [2.45, 2.75) is 59.2 Å². The van der Waals surface area contributed by atoms with Crippen molar-refractivity contribution in [1.29, 1.82) is 0 Å². The second-order valence-electron chi connectivity index (χ2n) is 9.16. The van der Waals surface area contributed by atoms with Crippen molar-refractivity contribution < 1.29 is 4.79 Å². The molecule has 0 radical (unpaired) electrons. The lowest BCUT2D eigenvalue weighted by Crippen LogP contribution is -2.40. The van der Waals surface area contributed by atoms with Crippen LogP contribution in [0.1, 0.15) is 50.9 Å². The van der Waals surface area contributed by atoms with E-state index in [0.717, 1.165) is 57.7 Å². The Hall–Kier alpha value is -1.40. The fraction of sp³-hybridized carbons (Fsp3) is 0.800. The van der Waals surface area contributed by atoms with Gasteiger partial charge in [0.25, 0.3) is 0 Å². The zero-order chi connectivity index (χ0) is 18.7. The van der Waals surface area contributed by atoms with Gasteiger partial charge in [-0.25, -0.2) is 0 Å². The maximum atomic E-state index is 12.0. The van der Waals surface area contributed by atoms with Crippen LogP contribution in [0.2, 0.25) is 0 Å². The van der Waals surface area contributed by atoms with E-state index in [1.165, 1.54) is 12.1 Å². The lowest BCUT2D eigenvalue weighted by atomic mass is 9.85. The number of rotatable bonds is 7. The molecule has 2 aliphatic rings. The first-order chi connectivity index (χ1) is 12.3. The lowest BCUT2D eigenvalue weighted by Gasteiger charge is -2.34. The smallest absolute Gasteiger partial charge is 0.223 e. The van der Waals surface area contributed by atoms with E-state index in [2.05, 4.69) is 53.8 Å². The summed E-state index contributed by atoms with van der Waals surface area (Å²) in [4.78, 5) is 16.9. The van der Waals surface area contributed by atoms with E-state index in [0.29, 0.717) is 6.54 Å². The van der Waals surface area contributed by atoms with Crippen LogP contribution in [0.15, 0.2) is 6.07 Å². The zero-order valence-corrected chi connectivity index (χ0v) is 16.9. The molecule has 146 valence electrons. The highest BCUT2D eigenvalue weighted by molar-refractivity contribution is 5.79. The third kappa shape index (κ3) is 5.07. The molecule has 1 amide bonds. The average Bonchev–Trinajstić information content (AvgIpc) is 2.74. The number of fused-ring (bicyclic) bond motifs is 1. The third-order valence-corrected chi connectivity index (χ3v) is 5.46. The predicted octanol–water partition coefficient (Wildman–Crippen LogP) is 2.09. The number of carbonyl (C=O) groups excluding carboxylic acids is 1. The van der Waals surface area contributed by atoms with Crippen LogP contribution in [0.5, 0.6) is 0 Å². The summed E-state index contributed by atoms with van der Waals surface area (Å²) in [7, 11) is 4.28. The number of carbonyl (C=O) groups is 1.